The molecule has 2 rings (SSSR count). The van der Waals surface area contributed by atoms with Crippen LogP contribution in [0.25, 0.3) is 0 Å². The van der Waals surface area contributed by atoms with Crippen molar-refractivity contribution < 1.29 is 22.7 Å². The van der Waals surface area contributed by atoms with Gasteiger partial charge in [0.15, 0.2) is 6.10 Å². The second-order valence-electron chi connectivity index (χ2n) is 5.59. The molecule has 2 aromatic carbocycles. The number of amides is 1. The zero-order valence-corrected chi connectivity index (χ0v) is 16.1. The number of sulfonamides is 1. The van der Waals surface area contributed by atoms with Crippen molar-refractivity contribution in [2.75, 3.05) is 11.9 Å². The molecule has 0 aliphatic rings. The third kappa shape index (κ3) is 6.67. The van der Waals surface area contributed by atoms with Gasteiger partial charge in [-0.2, -0.15) is 0 Å². The number of esters is 1. The highest BCUT2D eigenvalue weighted by molar-refractivity contribution is 7.89. The first-order chi connectivity index (χ1) is 12.8. The molecule has 0 radical (unpaired) electrons. The number of anilines is 1. The minimum atomic E-state index is -3.70. The fourth-order valence-corrected chi connectivity index (χ4v) is 3.33. The van der Waals surface area contributed by atoms with Crippen molar-refractivity contribution in [1.29, 1.82) is 0 Å². The van der Waals surface area contributed by atoms with E-state index in [1.807, 2.05) is 0 Å². The van der Waals surface area contributed by atoms with E-state index in [2.05, 4.69) is 10.0 Å². The Morgan fingerprint density at radius 2 is 1.81 bits per heavy atom. The monoisotopic (exact) mass is 410 g/mol. The third-order valence-electron chi connectivity index (χ3n) is 3.44. The Morgan fingerprint density at radius 3 is 2.48 bits per heavy atom. The second kappa shape index (κ2) is 9.50. The lowest BCUT2D eigenvalue weighted by Crippen LogP contribution is -2.32. The van der Waals surface area contributed by atoms with E-state index in [-0.39, 0.29) is 17.9 Å². The molecule has 0 unspecified atom stereocenters. The van der Waals surface area contributed by atoms with E-state index in [1.165, 1.54) is 19.1 Å². The van der Waals surface area contributed by atoms with Crippen LogP contribution >= 0.6 is 11.6 Å². The Bertz CT molecular complexity index is 903. The van der Waals surface area contributed by atoms with Gasteiger partial charge in [0.1, 0.15) is 0 Å². The number of carbonyl (C=O) groups excluding carboxylic acids is 2. The predicted molar refractivity (Wildman–Crippen MR) is 102 cm³/mol. The van der Waals surface area contributed by atoms with Gasteiger partial charge in [-0.25, -0.2) is 13.1 Å². The standard InChI is InChI=1S/C18H19ClN2O5S/c1-13(18(23)21-15-7-5-6-14(19)12-15)26-17(22)10-11-20-27(24,25)16-8-3-2-4-9-16/h2-9,12-13,20H,10-11H2,1H3,(H,21,23)/t13-/m1/s1. The van der Waals surface area contributed by atoms with Crippen LogP contribution in [0.4, 0.5) is 5.69 Å². The average Bonchev–Trinajstić information content (AvgIpc) is 2.62. The van der Waals surface area contributed by atoms with Crippen LogP contribution < -0.4 is 10.0 Å². The van der Waals surface area contributed by atoms with E-state index >= 15 is 0 Å². The van der Waals surface area contributed by atoms with E-state index < -0.39 is 28.0 Å². The van der Waals surface area contributed by atoms with E-state index in [0.717, 1.165) is 0 Å². The maximum Gasteiger partial charge on any atom is 0.307 e. The van der Waals surface area contributed by atoms with Crippen molar-refractivity contribution in [3.8, 4) is 0 Å². The second-order valence-corrected chi connectivity index (χ2v) is 7.80. The van der Waals surface area contributed by atoms with Crippen LogP contribution in [0.5, 0.6) is 0 Å². The Kier molecular flexibility index (Phi) is 7.35. The molecule has 0 heterocycles. The number of hydrogen-bond acceptors (Lipinski definition) is 5. The normalized spacial score (nSPS) is 12.2. The van der Waals surface area contributed by atoms with Crippen molar-refractivity contribution in [3.63, 3.8) is 0 Å². The van der Waals surface area contributed by atoms with Crippen LogP contribution in [-0.4, -0.2) is 32.9 Å². The van der Waals surface area contributed by atoms with Crippen molar-refractivity contribution in [1.82, 2.24) is 4.72 Å². The Hall–Kier alpha value is -2.42. The van der Waals surface area contributed by atoms with Gasteiger partial charge in [0.2, 0.25) is 10.0 Å². The maximum absolute atomic E-state index is 12.0. The maximum atomic E-state index is 12.0. The first-order valence-corrected chi connectivity index (χ1v) is 9.94. The number of hydrogen-bond donors (Lipinski definition) is 2. The smallest absolute Gasteiger partial charge is 0.307 e. The van der Waals surface area contributed by atoms with E-state index in [4.69, 9.17) is 16.3 Å². The first kappa shape index (κ1) is 20.9. The molecule has 0 spiro atoms. The lowest BCUT2D eigenvalue weighted by molar-refractivity contribution is -0.152. The number of ether oxygens (including phenoxy) is 1. The zero-order chi connectivity index (χ0) is 19.9. The minimum absolute atomic E-state index is 0.104. The quantitative estimate of drug-likeness (QED) is 0.651. The summed E-state index contributed by atoms with van der Waals surface area (Å²) in [6.45, 7) is 1.28. The van der Waals surface area contributed by atoms with Crippen LogP contribution in [0.3, 0.4) is 0 Å². The molecule has 0 aromatic heterocycles. The summed E-state index contributed by atoms with van der Waals surface area (Å²) in [5.74, 6) is -1.21. The fraction of sp³-hybridized carbons (Fsp3) is 0.222. The lowest BCUT2D eigenvalue weighted by Gasteiger charge is -2.14. The molecule has 1 amide bonds. The molecule has 9 heteroatoms. The molecule has 1 atom stereocenters. The highest BCUT2D eigenvalue weighted by atomic mass is 35.5. The van der Waals surface area contributed by atoms with Crippen molar-refractivity contribution in [3.05, 3.63) is 59.6 Å². The van der Waals surface area contributed by atoms with Crippen LogP contribution in [-0.2, 0) is 24.3 Å². The molecule has 0 fully saturated rings. The van der Waals surface area contributed by atoms with Gasteiger partial charge in [-0.05, 0) is 37.3 Å². The Balaban J connectivity index is 1.78. The van der Waals surface area contributed by atoms with Crippen molar-refractivity contribution in [2.45, 2.75) is 24.3 Å². The largest absolute Gasteiger partial charge is 0.452 e. The molecule has 0 saturated carbocycles. The predicted octanol–water partition coefficient (Wildman–Crippen LogP) is 2.58. The SMILES string of the molecule is C[C@@H](OC(=O)CCNS(=O)(=O)c1ccccc1)C(=O)Nc1cccc(Cl)c1. The fourth-order valence-electron chi connectivity index (χ4n) is 2.09. The number of nitrogens with one attached hydrogen (secondary N) is 2. The van der Waals surface area contributed by atoms with E-state index in [1.54, 1.807) is 42.5 Å². The van der Waals surface area contributed by atoms with Gasteiger partial charge in [-0.3, -0.25) is 9.59 Å². The molecule has 144 valence electrons. The molecule has 2 aromatic rings. The molecule has 27 heavy (non-hydrogen) atoms. The summed E-state index contributed by atoms with van der Waals surface area (Å²) >= 11 is 5.84. The minimum Gasteiger partial charge on any atom is -0.452 e. The molecule has 2 N–H and O–H groups in total. The molecular formula is C18H19ClN2O5S. The van der Waals surface area contributed by atoms with Gasteiger partial charge in [-0.15, -0.1) is 0 Å². The highest BCUT2D eigenvalue weighted by Gasteiger charge is 2.19. The van der Waals surface area contributed by atoms with Crippen molar-refractivity contribution >= 4 is 39.2 Å². The molecule has 0 saturated heterocycles. The number of carbonyl (C=O) groups is 2. The summed E-state index contributed by atoms with van der Waals surface area (Å²) in [6, 6.07) is 14.3. The van der Waals surface area contributed by atoms with Gasteiger partial charge >= 0.3 is 5.97 Å². The van der Waals surface area contributed by atoms with Crippen LogP contribution in [0.1, 0.15) is 13.3 Å². The molecule has 0 bridgehead atoms. The lowest BCUT2D eigenvalue weighted by atomic mass is 10.3. The number of benzene rings is 2. The van der Waals surface area contributed by atoms with Gasteiger partial charge in [0.25, 0.3) is 5.91 Å². The Labute approximate surface area is 162 Å². The van der Waals surface area contributed by atoms with E-state index in [0.29, 0.717) is 10.7 Å². The summed E-state index contributed by atoms with van der Waals surface area (Å²) in [7, 11) is -3.70. The summed E-state index contributed by atoms with van der Waals surface area (Å²) in [5.41, 5.74) is 0.478. The summed E-state index contributed by atoms with van der Waals surface area (Å²) in [5, 5.41) is 3.04. The third-order valence-corrected chi connectivity index (χ3v) is 5.16. The van der Waals surface area contributed by atoms with Crippen molar-refractivity contribution in [2.24, 2.45) is 0 Å². The van der Waals surface area contributed by atoms with Crippen LogP contribution in [0.2, 0.25) is 5.02 Å². The van der Waals surface area contributed by atoms with Gasteiger partial charge in [0.05, 0.1) is 11.3 Å². The van der Waals surface area contributed by atoms with Crippen LogP contribution in [0.15, 0.2) is 59.5 Å². The van der Waals surface area contributed by atoms with Gasteiger partial charge in [-0.1, -0.05) is 35.9 Å². The average molecular weight is 411 g/mol. The molecule has 0 aliphatic heterocycles. The first-order valence-electron chi connectivity index (χ1n) is 8.08. The summed E-state index contributed by atoms with van der Waals surface area (Å²) in [6.07, 6.45) is -1.25. The highest BCUT2D eigenvalue weighted by Crippen LogP contribution is 2.15. The van der Waals surface area contributed by atoms with Crippen LogP contribution in [0, 0.1) is 0 Å². The molecule has 7 nitrogen and oxygen atoms in total. The van der Waals surface area contributed by atoms with E-state index in [9.17, 15) is 18.0 Å². The zero-order valence-electron chi connectivity index (χ0n) is 14.5. The number of rotatable bonds is 8. The molecule has 0 aliphatic carbocycles. The van der Waals surface area contributed by atoms with Gasteiger partial charge in [0, 0.05) is 17.3 Å². The van der Waals surface area contributed by atoms with Gasteiger partial charge < -0.3 is 10.1 Å². The summed E-state index contributed by atoms with van der Waals surface area (Å²) in [4.78, 5) is 24.0. The topological polar surface area (TPSA) is 102 Å². The number of halogens is 1. The summed E-state index contributed by atoms with van der Waals surface area (Å²) < 4.78 is 31.4. The molecular weight excluding hydrogens is 392 g/mol. The Morgan fingerprint density at radius 1 is 1.11 bits per heavy atom.